The molecule has 1 aromatic carbocycles. The molecule has 1 amide bonds. The van der Waals surface area contributed by atoms with Crippen LogP contribution in [0.15, 0.2) is 36.5 Å². The number of fused-ring (bicyclic) bond motifs is 2. The maximum absolute atomic E-state index is 13.3. The summed E-state index contributed by atoms with van der Waals surface area (Å²) in [5.41, 5.74) is 5.12. The maximum atomic E-state index is 13.3. The number of pyridine rings is 1. The number of amides is 1. The molecule has 0 aliphatic heterocycles. The standard InChI is InChI=1S/C23H25N5O2/c1-14-21-18(13-19(15-4-5-15)25-22(21)27(2)26-14)23(29)24-17-6-7-20-16(12-17)8-9-28(20)10-11-30-3/h6-9,12-13,15H,4-5,10-11H2,1-3H3,(H,24,29). The van der Waals surface area contributed by atoms with Crippen LogP contribution < -0.4 is 5.32 Å². The van der Waals surface area contributed by atoms with Gasteiger partial charge in [-0.15, -0.1) is 0 Å². The average molecular weight is 403 g/mol. The number of benzene rings is 1. The van der Waals surface area contributed by atoms with Gasteiger partial charge >= 0.3 is 0 Å². The van der Waals surface area contributed by atoms with Crippen molar-refractivity contribution in [3.8, 4) is 0 Å². The third-order valence-corrected chi connectivity index (χ3v) is 5.79. The minimum atomic E-state index is -0.126. The molecule has 0 atom stereocenters. The van der Waals surface area contributed by atoms with E-state index < -0.39 is 0 Å². The van der Waals surface area contributed by atoms with Crippen LogP contribution in [0, 0.1) is 6.92 Å². The first kappa shape index (κ1) is 18.8. The van der Waals surface area contributed by atoms with Crippen LogP contribution in [0.5, 0.6) is 0 Å². The first-order valence-electron chi connectivity index (χ1n) is 10.3. The fraction of sp³-hybridized carbons (Fsp3) is 0.348. The summed E-state index contributed by atoms with van der Waals surface area (Å²) in [6.07, 6.45) is 4.31. The predicted molar refractivity (Wildman–Crippen MR) is 117 cm³/mol. The van der Waals surface area contributed by atoms with Crippen molar-refractivity contribution in [3.05, 3.63) is 53.5 Å². The highest BCUT2D eigenvalue weighted by molar-refractivity contribution is 6.13. The van der Waals surface area contributed by atoms with Crippen LogP contribution in [0.4, 0.5) is 5.69 Å². The van der Waals surface area contributed by atoms with E-state index in [4.69, 9.17) is 9.72 Å². The first-order chi connectivity index (χ1) is 14.5. The third-order valence-electron chi connectivity index (χ3n) is 5.79. The molecule has 1 aliphatic carbocycles. The molecule has 1 fully saturated rings. The summed E-state index contributed by atoms with van der Waals surface area (Å²) in [4.78, 5) is 18.1. The molecule has 7 nitrogen and oxygen atoms in total. The summed E-state index contributed by atoms with van der Waals surface area (Å²) >= 11 is 0. The zero-order valence-electron chi connectivity index (χ0n) is 17.5. The van der Waals surface area contributed by atoms with Gasteiger partial charge in [0.05, 0.1) is 23.3 Å². The van der Waals surface area contributed by atoms with Crippen molar-refractivity contribution in [2.75, 3.05) is 19.0 Å². The molecule has 0 spiro atoms. The van der Waals surface area contributed by atoms with Crippen molar-refractivity contribution in [1.82, 2.24) is 19.3 Å². The van der Waals surface area contributed by atoms with Crippen molar-refractivity contribution in [2.24, 2.45) is 7.05 Å². The Morgan fingerprint density at radius 1 is 1.27 bits per heavy atom. The van der Waals surface area contributed by atoms with Crippen LogP contribution in [0.3, 0.4) is 0 Å². The fourth-order valence-corrected chi connectivity index (χ4v) is 4.09. The number of aromatic nitrogens is 4. The number of aryl methyl sites for hydroxylation is 2. The van der Waals surface area contributed by atoms with E-state index in [1.807, 2.05) is 44.4 Å². The molecular weight excluding hydrogens is 378 g/mol. The van der Waals surface area contributed by atoms with Gasteiger partial charge in [-0.2, -0.15) is 5.10 Å². The zero-order chi connectivity index (χ0) is 20.8. The third kappa shape index (κ3) is 3.25. The Kier molecular flexibility index (Phi) is 4.55. The average Bonchev–Trinajstić information content (AvgIpc) is 3.45. The molecule has 1 N–H and O–H groups in total. The molecule has 3 heterocycles. The van der Waals surface area contributed by atoms with Gasteiger partial charge in [-0.1, -0.05) is 0 Å². The maximum Gasteiger partial charge on any atom is 0.256 e. The number of carbonyl (C=O) groups is 1. The lowest BCUT2D eigenvalue weighted by atomic mass is 10.1. The number of hydrogen-bond acceptors (Lipinski definition) is 4. The van der Waals surface area contributed by atoms with Crippen LogP contribution in [-0.2, 0) is 18.3 Å². The second-order valence-electron chi connectivity index (χ2n) is 8.01. The Morgan fingerprint density at radius 2 is 2.10 bits per heavy atom. The highest BCUT2D eigenvalue weighted by atomic mass is 16.5. The molecule has 0 radical (unpaired) electrons. The summed E-state index contributed by atoms with van der Waals surface area (Å²) in [5.74, 6) is 0.331. The Bertz CT molecular complexity index is 1270. The molecular formula is C23H25N5O2. The van der Waals surface area contributed by atoms with Gasteiger partial charge in [0.25, 0.3) is 5.91 Å². The number of methoxy groups -OCH3 is 1. The largest absolute Gasteiger partial charge is 0.383 e. The zero-order valence-corrected chi connectivity index (χ0v) is 17.5. The van der Waals surface area contributed by atoms with Gasteiger partial charge in [-0.25, -0.2) is 4.98 Å². The quantitative estimate of drug-likeness (QED) is 0.528. The predicted octanol–water partition coefficient (Wildman–Crippen LogP) is 4.01. The van der Waals surface area contributed by atoms with Crippen LogP contribution in [0.1, 0.15) is 40.5 Å². The van der Waals surface area contributed by atoms with Crippen molar-refractivity contribution < 1.29 is 9.53 Å². The number of hydrogen-bond donors (Lipinski definition) is 1. The number of carbonyl (C=O) groups excluding carboxylic acids is 1. The second kappa shape index (κ2) is 7.25. The smallest absolute Gasteiger partial charge is 0.256 e. The highest BCUT2D eigenvalue weighted by Gasteiger charge is 2.28. The lowest BCUT2D eigenvalue weighted by Gasteiger charge is -2.10. The van der Waals surface area contributed by atoms with Gasteiger partial charge in [-0.05, 0) is 50.1 Å². The van der Waals surface area contributed by atoms with E-state index in [9.17, 15) is 4.79 Å². The first-order valence-corrected chi connectivity index (χ1v) is 10.3. The Balaban J connectivity index is 1.48. The number of rotatable bonds is 6. The van der Waals surface area contributed by atoms with E-state index >= 15 is 0 Å². The van der Waals surface area contributed by atoms with Gasteiger partial charge in [0.15, 0.2) is 5.65 Å². The Hall–Kier alpha value is -3.19. The second-order valence-corrected chi connectivity index (χ2v) is 8.01. The minimum Gasteiger partial charge on any atom is -0.383 e. The van der Waals surface area contributed by atoms with Crippen molar-refractivity contribution in [3.63, 3.8) is 0 Å². The normalized spacial score (nSPS) is 14.0. The number of nitrogens with zero attached hydrogens (tertiary/aromatic N) is 4. The molecule has 0 saturated heterocycles. The van der Waals surface area contributed by atoms with Crippen LogP contribution in [-0.4, -0.2) is 39.0 Å². The minimum absolute atomic E-state index is 0.126. The van der Waals surface area contributed by atoms with Crippen LogP contribution in [0.25, 0.3) is 21.9 Å². The van der Waals surface area contributed by atoms with E-state index in [0.717, 1.165) is 58.4 Å². The summed E-state index contributed by atoms with van der Waals surface area (Å²) in [6, 6.07) is 9.99. The Labute approximate surface area is 174 Å². The fourth-order valence-electron chi connectivity index (χ4n) is 4.09. The summed E-state index contributed by atoms with van der Waals surface area (Å²) < 4.78 is 9.09. The van der Waals surface area contributed by atoms with Gasteiger partial charge in [0.1, 0.15) is 0 Å². The lowest BCUT2D eigenvalue weighted by molar-refractivity contribution is 0.102. The lowest BCUT2D eigenvalue weighted by Crippen LogP contribution is -2.13. The highest BCUT2D eigenvalue weighted by Crippen LogP contribution is 2.40. The number of ether oxygens (including phenoxy) is 1. The molecule has 5 rings (SSSR count). The van der Waals surface area contributed by atoms with Crippen molar-refractivity contribution in [2.45, 2.75) is 32.2 Å². The van der Waals surface area contributed by atoms with Crippen LogP contribution >= 0.6 is 0 Å². The van der Waals surface area contributed by atoms with Gasteiger partial charge < -0.3 is 14.6 Å². The monoisotopic (exact) mass is 403 g/mol. The van der Waals surface area contributed by atoms with E-state index in [1.54, 1.807) is 11.8 Å². The molecule has 3 aromatic heterocycles. The topological polar surface area (TPSA) is 74.0 Å². The molecule has 0 unspecified atom stereocenters. The molecule has 154 valence electrons. The van der Waals surface area contributed by atoms with E-state index in [2.05, 4.69) is 21.0 Å². The van der Waals surface area contributed by atoms with E-state index in [-0.39, 0.29) is 5.91 Å². The number of nitrogens with one attached hydrogen (secondary N) is 1. The summed E-state index contributed by atoms with van der Waals surface area (Å²) in [6.45, 7) is 3.38. The molecule has 7 heteroatoms. The Morgan fingerprint density at radius 3 is 2.87 bits per heavy atom. The van der Waals surface area contributed by atoms with E-state index in [0.29, 0.717) is 18.1 Å². The number of anilines is 1. The molecule has 1 saturated carbocycles. The SMILES string of the molecule is COCCn1ccc2cc(NC(=O)c3cc(C4CC4)nc4c3c(C)nn4C)ccc21. The summed E-state index contributed by atoms with van der Waals surface area (Å²) in [5, 5.41) is 9.48. The van der Waals surface area contributed by atoms with Gasteiger partial charge in [0.2, 0.25) is 0 Å². The molecule has 1 aliphatic rings. The van der Waals surface area contributed by atoms with Crippen molar-refractivity contribution in [1.29, 1.82) is 0 Å². The van der Waals surface area contributed by atoms with Crippen molar-refractivity contribution >= 4 is 33.5 Å². The van der Waals surface area contributed by atoms with Gasteiger partial charge in [0, 0.05) is 55.1 Å². The molecule has 30 heavy (non-hydrogen) atoms. The van der Waals surface area contributed by atoms with Crippen LogP contribution in [0.2, 0.25) is 0 Å². The molecule has 0 bridgehead atoms. The molecule has 4 aromatic rings. The van der Waals surface area contributed by atoms with E-state index in [1.165, 1.54) is 0 Å². The van der Waals surface area contributed by atoms with Gasteiger partial charge in [-0.3, -0.25) is 9.48 Å². The summed E-state index contributed by atoms with van der Waals surface area (Å²) in [7, 11) is 3.58.